The van der Waals surface area contributed by atoms with Crippen LogP contribution in [0.4, 0.5) is 5.69 Å². The van der Waals surface area contributed by atoms with Crippen molar-refractivity contribution in [1.82, 2.24) is 10.6 Å². The van der Waals surface area contributed by atoms with Crippen molar-refractivity contribution in [1.29, 1.82) is 0 Å². The van der Waals surface area contributed by atoms with E-state index in [0.717, 1.165) is 14.8 Å². The Hall–Kier alpha value is -0.800. The Labute approximate surface area is 186 Å². The highest BCUT2D eigenvalue weighted by atomic mass is 127. The zero-order valence-corrected chi connectivity index (χ0v) is 18.8. The molecule has 9 heteroatoms. The fraction of sp³-hybridized carbons (Fsp3) is 0.176. The van der Waals surface area contributed by atoms with Gasteiger partial charge in [-0.1, -0.05) is 64.6 Å². The van der Waals surface area contributed by atoms with E-state index in [1.165, 1.54) is 0 Å². The SMILES string of the molecule is Cc1ccc(NC(=S)N[C@@H](NC(=O)c2ccccc2I)C(Cl)(Cl)Cl)cc1. The van der Waals surface area contributed by atoms with Gasteiger partial charge in [0.2, 0.25) is 3.79 Å². The van der Waals surface area contributed by atoms with E-state index in [1.807, 2.05) is 43.3 Å². The number of carbonyl (C=O) groups is 1. The van der Waals surface area contributed by atoms with Gasteiger partial charge in [-0.25, -0.2) is 0 Å². The van der Waals surface area contributed by atoms with Crippen LogP contribution in [0.5, 0.6) is 0 Å². The summed E-state index contributed by atoms with van der Waals surface area (Å²) in [6.45, 7) is 1.99. The zero-order valence-electron chi connectivity index (χ0n) is 13.5. The molecule has 0 radical (unpaired) electrons. The number of rotatable bonds is 4. The van der Waals surface area contributed by atoms with Gasteiger partial charge >= 0.3 is 0 Å². The topological polar surface area (TPSA) is 53.2 Å². The molecular formula is C17H15Cl3IN3OS. The van der Waals surface area contributed by atoms with Crippen LogP contribution < -0.4 is 16.0 Å². The lowest BCUT2D eigenvalue weighted by atomic mass is 10.2. The molecule has 0 spiro atoms. The van der Waals surface area contributed by atoms with Gasteiger partial charge in [-0.05, 0) is 66.0 Å². The molecule has 0 saturated heterocycles. The average molecular weight is 543 g/mol. The van der Waals surface area contributed by atoms with Crippen LogP contribution >= 0.6 is 69.6 Å². The van der Waals surface area contributed by atoms with Crippen LogP contribution in [0.2, 0.25) is 0 Å². The van der Waals surface area contributed by atoms with Gasteiger partial charge in [-0.15, -0.1) is 0 Å². The number of aryl methyl sites for hydroxylation is 1. The third-order valence-corrected chi connectivity index (χ3v) is 5.12. The lowest BCUT2D eigenvalue weighted by molar-refractivity contribution is 0.0933. The van der Waals surface area contributed by atoms with Crippen molar-refractivity contribution in [2.75, 3.05) is 5.32 Å². The Morgan fingerprint density at radius 1 is 1.08 bits per heavy atom. The minimum absolute atomic E-state index is 0.216. The van der Waals surface area contributed by atoms with Crippen LogP contribution in [0.15, 0.2) is 48.5 Å². The minimum atomic E-state index is -1.81. The number of hydrogen-bond donors (Lipinski definition) is 3. The van der Waals surface area contributed by atoms with Crippen molar-refractivity contribution in [2.45, 2.75) is 16.9 Å². The highest BCUT2D eigenvalue weighted by molar-refractivity contribution is 14.1. The summed E-state index contributed by atoms with van der Waals surface area (Å²) in [5, 5.41) is 8.70. The molecule has 0 aromatic heterocycles. The highest BCUT2D eigenvalue weighted by Gasteiger charge is 2.35. The van der Waals surface area contributed by atoms with Crippen molar-refractivity contribution in [3.63, 3.8) is 0 Å². The largest absolute Gasteiger partial charge is 0.339 e. The lowest BCUT2D eigenvalue weighted by Crippen LogP contribution is -2.56. The molecule has 0 aliphatic rings. The Morgan fingerprint density at radius 3 is 2.27 bits per heavy atom. The fourth-order valence-corrected chi connectivity index (χ4v) is 3.18. The molecule has 0 aliphatic heterocycles. The summed E-state index contributed by atoms with van der Waals surface area (Å²) < 4.78 is -1.03. The monoisotopic (exact) mass is 541 g/mol. The second-order valence-corrected chi connectivity index (χ2v) is 9.33. The molecule has 0 saturated carbocycles. The molecule has 4 nitrogen and oxygen atoms in total. The number of benzene rings is 2. The first-order valence-electron chi connectivity index (χ1n) is 7.43. The molecule has 0 heterocycles. The van der Waals surface area contributed by atoms with E-state index in [1.54, 1.807) is 12.1 Å². The molecule has 2 aromatic carbocycles. The molecule has 2 aromatic rings. The van der Waals surface area contributed by atoms with E-state index in [2.05, 4.69) is 38.5 Å². The van der Waals surface area contributed by atoms with E-state index in [9.17, 15) is 4.79 Å². The predicted octanol–water partition coefficient (Wildman–Crippen LogP) is 5.01. The molecule has 138 valence electrons. The average Bonchev–Trinajstić information content (AvgIpc) is 2.56. The summed E-state index contributed by atoms with van der Waals surface area (Å²) in [4.78, 5) is 12.5. The maximum Gasteiger partial charge on any atom is 0.254 e. The minimum Gasteiger partial charge on any atom is -0.339 e. The fourth-order valence-electron chi connectivity index (χ4n) is 1.99. The summed E-state index contributed by atoms with van der Waals surface area (Å²) in [5.41, 5.74) is 2.38. The molecule has 0 unspecified atom stereocenters. The summed E-state index contributed by atoms with van der Waals surface area (Å²) >= 11 is 25.3. The van der Waals surface area contributed by atoms with Crippen molar-refractivity contribution >= 4 is 86.3 Å². The van der Waals surface area contributed by atoms with Crippen LogP contribution in [-0.4, -0.2) is 21.0 Å². The Balaban J connectivity index is 2.07. The van der Waals surface area contributed by atoms with Crippen LogP contribution in [-0.2, 0) is 0 Å². The van der Waals surface area contributed by atoms with E-state index in [0.29, 0.717) is 5.56 Å². The molecule has 2 rings (SSSR count). The number of halogens is 4. The zero-order chi connectivity index (χ0) is 19.3. The number of anilines is 1. The Kier molecular flexibility index (Phi) is 7.78. The summed E-state index contributed by atoms with van der Waals surface area (Å²) in [7, 11) is 0. The van der Waals surface area contributed by atoms with Crippen LogP contribution in [0, 0.1) is 10.5 Å². The number of nitrogens with one attached hydrogen (secondary N) is 3. The first-order valence-corrected chi connectivity index (χ1v) is 10.0. The van der Waals surface area contributed by atoms with Crippen molar-refractivity contribution in [3.05, 3.63) is 63.2 Å². The number of carbonyl (C=O) groups excluding carboxylic acids is 1. The van der Waals surface area contributed by atoms with Gasteiger partial charge in [0, 0.05) is 9.26 Å². The van der Waals surface area contributed by atoms with Gasteiger partial charge in [-0.2, -0.15) is 0 Å². The molecule has 0 aliphatic carbocycles. The summed E-state index contributed by atoms with van der Waals surface area (Å²) in [6.07, 6.45) is -1.03. The third kappa shape index (κ3) is 6.42. The van der Waals surface area contributed by atoms with Gasteiger partial charge in [0.1, 0.15) is 6.17 Å². The van der Waals surface area contributed by atoms with Crippen LogP contribution in [0.3, 0.4) is 0 Å². The standard InChI is InChI=1S/C17H15Cl3IN3OS/c1-10-6-8-11(9-7-10)22-16(26)24-15(17(18,19)20)23-14(25)12-4-2-3-5-13(12)21/h2-9,15H,1H3,(H,23,25)(H2,22,24,26)/t15-/m1/s1. The smallest absolute Gasteiger partial charge is 0.254 e. The van der Waals surface area contributed by atoms with Gasteiger partial charge in [-0.3, -0.25) is 4.79 Å². The molecule has 1 amide bonds. The maximum absolute atomic E-state index is 12.5. The first kappa shape index (κ1) is 21.5. The number of hydrogen-bond acceptors (Lipinski definition) is 2. The van der Waals surface area contributed by atoms with Crippen molar-refractivity contribution in [2.24, 2.45) is 0 Å². The van der Waals surface area contributed by atoms with Gasteiger partial charge in [0.15, 0.2) is 5.11 Å². The van der Waals surface area contributed by atoms with E-state index in [-0.39, 0.29) is 11.0 Å². The molecule has 1 atom stereocenters. The maximum atomic E-state index is 12.5. The van der Waals surface area contributed by atoms with Gasteiger partial charge < -0.3 is 16.0 Å². The predicted molar refractivity (Wildman–Crippen MR) is 121 cm³/mol. The molecule has 0 bridgehead atoms. The second kappa shape index (κ2) is 9.41. The summed E-state index contributed by atoms with van der Waals surface area (Å²) in [6, 6.07) is 14.7. The van der Waals surface area contributed by atoms with Crippen LogP contribution in [0.1, 0.15) is 15.9 Å². The van der Waals surface area contributed by atoms with Gasteiger partial charge in [0.25, 0.3) is 5.91 Å². The van der Waals surface area contributed by atoms with Crippen molar-refractivity contribution < 1.29 is 4.79 Å². The second-order valence-electron chi connectivity index (χ2n) is 5.39. The molecular weight excluding hydrogens is 528 g/mol. The highest BCUT2D eigenvalue weighted by Crippen LogP contribution is 2.29. The quantitative estimate of drug-likeness (QED) is 0.220. The number of alkyl halides is 3. The number of amides is 1. The first-order chi connectivity index (χ1) is 12.2. The molecule has 0 fully saturated rings. The van der Waals surface area contributed by atoms with E-state index >= 15 is 0 Å². The normalized spacial score (nSPS) is 12.2. The molecule has 26 heavy (non-hydrogen) atoms. The van der Waals surface area contributed by atoms with Crippen molar-refractivity contribution in [3.8, 4) is 0 Å². The van der Waals surface area contributed by atoms with E-state index < -0.39 is 9.96 Å². The van der Waals surface area contributed by atoms with E-state index in [4.69, 9.17) is 47.0 Å². The number of thiocarbonyl (C=S) groups is 1. The van der Waals surface area contributed by atoms with Crippen LogP contribution in [0.25, 0.3) is 0 Å². The Bertz CT molecular complexity index is 797. The third-order valence-electron chi connectivity index (χ3n) is 3.31. The lowest BCUT2D eigenvalue weighted by Gasteiger charge is -2.28. The van der Waals surface area contributed by atoms with Gasteiger partial charge in [0.05, 0.1) is 5.56 Å². The summed E-state index contributed by atoms with van der Waals surface area (Å²) in [5.74, 6) is -0.378. The molecule has 3 N–H and O–H groups in total. The Morgan fingerprint density at radius 2 is 1.69 bits per heavy atom.